The van der Waals surface area contributed by atoms with Crippen LogP contribution in [0.2, 0.25) is 0 Å². The van der Waals surface area contributed by atoms with Crippen LogP contribution in [0.5, 0.6) is 5.75 Å². The number of aldehydes is 1. The summed E-state index contributed by atoms with van der Waals surface area (Å²) < 4.78 is 4.94. The molecule has 73 valence electrons. The molecule has 0 amide bonds. The van der Waals surface area contributed by atoms with Gasteiger partial charge in [0.1, 0.15) is 12.0 Å². The molecule has 0 aliphatic heterocycles. The molecular formula is C11H11O3. The van der Waals surface area contributed by atoms with E-state index in [1.807, 2.05) is 6.92 Å². The van der Waals surface area contributed by atoms with E-state index in [4.69, 9.17) is 4.74 Å². The molecule has 14 heavy (non-hydrogen) atoms. The van der Waals surface area contributed by atoms with Gasteiger partial charge >= 0.3 is 5.97 Å². The first-order valence-electron chi connectivity index (χ1n) is 4.36. The number of benzene rings is 1. The summed E-state index contributed by atoms with van der Waals surface area (Å²) in [5.41, 5.74) is 0.492. The lowest BCUT2D eigenvalue weighted by atomic mass is 10.2. The van der Waals surface area contributed by atoms with Crippen LogP contribution in [0.15, 0.2) is 24.3 Å². The number of carbonyl (C=O) groups is 2. The number of hydrogen-bond donors (Lipinski definition) is 0. The third-order valence-corrected chi connectivity index (χ3v) is 1.58. The van der Waals surface area contributed by atoms with E-state index in [1.165, 1.54) is 12.5 Å². The highest BCUT2D eigenvalue weighted by atomic mass is 16.5. The highest BCUT2D eigenvalue weighted by Gasteiger charge is 2.03. The molecule has 0 spiro atoms. The van der Waals surface area contributed by atoms with Crippen molar-refractivity contribution in [1.29, 1.82) is 0 Å². The SMILES string of the molecule is CC[CH]C(=O)Oc1cccc(C=O)c1. The lowest BCUT2D eigenvalue weighted by Gasteiger charge is -2.02. The zero-order valence-corrected chi connectivity index (χ0v) is 7.90. The fraction of sp³-hybridized carbons (Fsp3) is 0.182. The number of esters is 1. The van der Waals surface area contributed by atoms with Crippen LogP contribution in [0.3, 0.4) is 0 Å². The van der Waals surface area contributed by atoms with Crippen LogP contribution in [0.1, 0.15) is 23.7 Å². The molecule has 0 aliphatic carbocycles. The van der Waals surface area contributed by atoms with Gasteiger partial charge in [0.05, 0.1) is 6.42 Å². The van der Waals surface area contributed by atoms with Gasteiger partial charge in [0.25, 0.3) is 0 Å². The van der Waals surface area contributed by atoms with Crippen molar-refractivity contribution in [2.75, 3.05) is 0 Å². The van der Waals surface area contributed by atoms with Crippen molar-refractivity contribution in [3.05, 3.63) is 36.2 Å². The normalized spacial score (nSPS) is 9.50. The summed E-state index contributed by atoms with van der Waals surface area (Å²) in [5, 5.41) is 0. The first kappa shape index (κ1) is 10.4. The van der Waals surface area contributed by atoms with E-state index >= 15 is 0 Å². The Kier molecular flexibility index (Phi) is 3.85. The fourth-order valence-corrected chi connectivity index (χ4v) is 0.976. The van der Waals surface area contributed by atoms with Gasteiger partial charge < -0.3 is 4.74 Å². The maximum Gasteiger partial charge on any atom is 0.315 e. The fourth-order valence-electron chi connectivity index (χ4n) is 0.976. The Morgan fingerprint density at radius 1 is 1.50 bits per heavy atom. The lowest BCUT2D eigenvalue weighted by molar-refractivity contribution is -0.130. The van der Waals surface area contributed by atoms with Crippen molar-refractivity contribution in [2.24, 2.45) is 0 Å². The average molecular weight is 191 g/mol. The smallest absolute Gasteiger partial charge is 0.315 e. The molecule has 3 nitrogen and oxygen atoms in total. The molecule has 1 aromatic rings. The molecule has 0 aliphatic rings. The van der Waals surface area contributed by atoms with Crippen LogP contribution in [0.25, 0.3) is 0 Å². The second-order valence-corrected chi connectivity index (χ2v) is 2.72. The van der Waals surface area contributed by atoms with Gasteiger partial charge in [0, 0.05) is 5.56 Å². The maximum absolute atomic E-state index is 11.0. The van der Waals surface area contributed by atoms with Crippen molar-refractivity contribution >= 4 is 12.3 Å². The summed E-state index contributed by atoms with van der Waals surface area (Å²) in [5.74, 6) is -0.000140. The zero-order valence-electron chi connectivity index (χ0n) is 7.90. The number of rotatable bonds is 4. The van der Waals surface area contributed by atoms with Crippen LogP contribution in [0.4, 0.5) is 0 Å². The molecule has 0 heterocycles. The van der Waals surface area contributed by atoms with Gasteiger partial charge in [-0.05, 0) is 18.6 Å². The number of hydrogen-bond acceptors (Lipinski definition) is 3. The minimum Gasteiger partial charge on any atom is -0.426 e. The minimum absolute atomic E-state index is 0.393. The topological polar surface area (TPSA) is 43.4 Å². The Hall–Kier alpha value is -1.64. The average Bonchev–Trinajstić information content (AvgIpc) is 2.18. The lowest BCUT2D eigenvalue weighted by Crippen LogP contribution is -2.07. The van der Waals surface area contributed by atoms with Crippen LogP contribution in [0, 0.1) is 6.42 Å². The molecule has 0 saturated heterocycles. The van der Waals surface area contributed by atoms with E-state index in [-0.39, 0.29) is 0 Å². The van der Waals surface area contributed by atoms with E-state index in [9.17, 15) is 9.59 Å². The van der Waals surface area contributed by atoms with Gasteiger partial charge in [-0.15, -0.1) is 0 Å². The number of ether oxygens (including phenoxy) is 1. The van der Waals surface area contributed by atoms with Crippen LogP contribution >= 0.6 is 0 Å². The van der Waals surface area contributed by atoms with Gasteiger partial charge in [-0.2, -0.15) is 0 Å². The molecule has 0 N–H and O–H groups in total. The molecule has 0 aromatic heterocycles. The number of carbonyl (C=O) groups excluding carboxylic acids is 2. The van der Waals surface area contributed by atoms with E-state index in [2.05, 4.69) is 0 Å². The molecule has 0 saturated carbocycles. The van der Waals surface area contributed by atoms with Crippen molar-refractivity contribution in [3.8, 4) is 5.75 Å². The van der Waals surface area contributed by atoms with Crippen molar-refractivity contribution in [2.45, 2.75) is 13.3 Å². The largest absolute Gasteiger partial charge is 0.426 e. The molecule has 1 rings (SSSR count). The van der Waals surface area contributed by atoms with Gasteiger partial charge in [-0.25, -0.2) is 0 Å². The first-order chi connectivity index (χ1) is 6.76. The molecule has 0 atom stereocenters. The van der Waals surface area contributed by atoms with Gasteiger partial charge in [0.2, 0.25) is 0 Å². The molecule has 0 fully saturated rings. The standard InChI is InChI=1S/C11H11O3/c1-2-4-11(13)14-10-6-3-5-9(7-10)8-12/h3-8H,2H2,1H3. The molecule has 3 heteroatoms. The summed E-state index contributed by atoms with van der Waals surface area (Å²) in [6.45, 7) is 1.85. The second-order valence-electron chi connectivity index (χ2n) is 2.72. The third kappa shape index (κ3) is 3.01. The summed E-state index contributed by atoms with van der Waals surface area (Å²) in [6, 6.07) is 6.47. The Morgan fingerprint density at radius 3 is 2.93 bits per heavy atom. The Labute approximate surface area is 82.7 Å². The second kappa shape index (κ2) is 5.17. The quantitative estimate of drug-likeness (QED) is 0.415. The third-order valence-electron chi connectivity index (χ3n) is 1.58. The molecule has 0 unspecified atom stereocenters. The van der Waals surface area contributed by atoms with Gasteiger partial charge in [-0.3, -0.25) is 9.59 Å². The van der Waals surface area contributed by atoms with Crippen LogP contribution < -0.4 is 4.74 Å². The predicted molar refractivity (Wildman–Crippen MR) is 52.1 cm³/mol. The first-order valence-corrected chi connectivity index (χ1v) is 4.36. The Bertz CT molecular complexity index is 331. The summed E-state index contributed by atoms with van der Waals surface area (Å²) in [4.78, 5) is 21.5. The van der Waals surface area contributed by atoms with Crippen LogP contribution in [-0.2, 0) is 4.79 Å². The van der Waals surface area contributed by atoms with E-state index in [0.29, 0.717) is 24.0 Å². The van der Waals surface area contributed by atoms with Crippen molar-refractivity contribution in [3.63, 3.8) is 0 Å². The highest BCUT2D eigenvalue weighted by Crippen LogP contribution is 2.12. The highest BCUT2D eigenvalue weighted by molar-refractivity contribution is 5.82. The molecule has 1 radical (unpaired) electrons. The van der Waals surface area contributed by atoms with E-state index in [0.717, 1.165) is 0 Å². The maximum atomic E-state index is 11.0. The monoisotopic (exact) mass is 191 g/mol. The Balaban J connectivity index is 2.66. The van der Waals surface area contributed by atoms with Crippen LogP contribution in [-0.4, -0.2) is 12.3 Å². The molecule has 1 aromatic carbocycles. The zero-order chi connectivity index (χ0) is 10.4. The predicted octanol–water partition coefficient (Wildman–Crippen LogP) is 2.02. The summed E-state index contributed by atoms with van der Waals surface area (Å²) >= 11 is 0. The van der Waals surface area contributed by atoms with Crippen molar-refractivity contribution in [1.82, 2.24) is 0 Å². The minimum atomic E-state index is -0.393. The molecule has 0 bridgehead atoms. The van der Waals surface area contributed by atoms with Gasteiger partial charge in [0.15, 0.2) is 0 Å². The molecular weight excluding hydrogens is 180 g/mol. The van der Waals surface area contributed by atoms with E-state index in [1.54, 1.807) is 18.2 Å². The van der Waals surface area contributed by atoms with E-state index < -0.39 is 5.97 Å². The van der Waals surface area contributed by atoms with Gasteiger partial charge in [-0.1, -0.05) is 19.1 Å². The van der Waals surface area contributed by atoms with Crippen molar-refractivity contribution < 1.29 is 14.3 Å². The summed E-state index contributed by atoms with van der Waals surface area (Å²) in [6.07, 6.45) is 2.78. The summed E-state index contributed by atoms with van der Waals surface area (Å²) in [7, 11) is 0. The Morgan fingerprint density at radius 2 is 2.29 bits per heavy atom.